The van der Waals surface area contributed by atoms with Crippen molar-refractivity contribution in [3.05, 3.63) is 34.4 Å². The summed E-state index contributed by atoms with van der Waals surface area (Å²) >= 11 is 0. The van der Waals surface area contributed by atoms with Crippen LogP contribution < -0.4 is 0 Å². The number of hydrogen-bond donors (Lipinski definition) is 1. The van der Waals surface area contributed by atoms with Crippen LogP contribution in [-0.2, 0) is 5.60 Å². The van der Waals surface area contributed by atoms with Crippen molar-refractivity contribution in [2.75, 3.05) is 0 Å². The lowest BCUT2D eigenvalue weighted by Gasteiger charge is -2.28. The van der Waals surface area contributed by atoms with Crippen LogP contribution in [-0.4, -0.2) is 5.11 Å². The highest BCUT2D eigenvalue weighted by atomic mass is 16.3. The van der Waals surface area contributed by atoms with Crippen molar-refractivity contribution in [2.24, 2.45) is 5.92 Å². The molecular weight excluding hydrogens is 196 g/mol. The molecule has 1 N–H and O–H groups in total. The van der Waals surface area contributed by atoms with Crippen LogP contribution in [0.15, 0.2) is 12.1 Å². The summed E-state index contributed by atoms with van der Waals surface area (Å²) in [7, 11) is 0. The summed E-state index contributed by atoms with van der Waals surface area (Å²) in [6, 6.07) is 4.30. The van der Waals surface area contributed by atoms with Crippen molar-refractivity contribution in [1.82, 2.24) is 0 Å². The Morgan fingerprint density at radius 1 is 1.06 bits per heavy atom. The molecule has 1 aromatic rings. The molecule has 0 fully saturated rings. The minimum Gasteiger partial charge on any atom is -0.385 e. The summed E-state index contributed by atoms with van der Waals surface area (Å²) in [4.78, 5) is 0. The first-order valence-electron chi connectivity index (χ1n) is 6.04. The van der Waals surface area contributed by atoms with Crippen LogP contribution in [0.3, 0.4) is 0 Å². The van der Waals surface area contributed by atoms with Crippen LogP contribution in [0.4, 0.5) is 0 Å². The standard InChI is InChI=1S/C15H24O/c1-10(2)9-15(6,16)14-8-12(4)11(3)7-13(14)5/h7-8,10,16H,9H2,1-6H3. The topological polar surface area (TPSA) is 20.2 Å². The molecule has 0 saturated carbocycles. The largest absolute Gasteiger partial charge is 0.385 e. The Bertz CT molecular complexity index is 375. The minimum atomic E-state index is -0.712. The van der Waals surface area contributed by atoms with Gasteiger partial charge in [0.25, 0.3) is 0 Å². The Morgan fingerprint density at radius 2 is 1.56 bits per heavy atom. The van der Waals surface area contributed by atoms with Gasteiger partial charge in [-0.25, -0.2) is 0 Å². The van der Waals surface area contributed by atoms with Gasteiger partial charge >= 0.3 is 0 Å². The van der Waals surface area contributed by atoms with Gasteiger partial charge in [0, 0.05) is 0 Å². The zero-order valence-electron chi connectivity index (χ0n) is 11.4. The fourth-order valence-electron chi connectivity index (χ4n) is 2.45. The van der Waals surface area contributed by atoms with E-state index < -0.39 is 5.60 Å². The second kappa shape index (κ2) is 4.58. The lowest BCUT2D eigenvalue weighted by Crippen LogP contribution is -2.24. The molecule has 90 valence electrons. The summed E-state index contributed by atoms with van der Waals surface area (Å²) in [5, 5.41) is 10.6. The zero-order valence-corrected chi connectivity index (χ0v) is 11.4. The van der Waals surface area contributed by atoms with Crippen LogP contribution in [0.1, 0.15) is 49.4 Å². The Hall–Kier alpha value is -0.820. The van der Waals surface area contributed by atoms with Gasteiger partial charge in [-0.15, -0.1) is 0 Å². The molecule has 1 heteroatoms. The van der Waals surface area contributed by atoms with Gasteiger partial charge in [0.2, 0.25) is 0 Å². The minimum absolute atomic E-state index is 0.496. The summed E-state index contributed by atoms with van der Waals surface area (Å²) in [5.74, 6) is 0.496. The summed E-state index contributed by atoms with van der Waals surface area (Å²) in [6.07, 6.45) is 0.802. The first-order valence-corrected chi connectivity index (χ1v) is 6.04. The number of hydrogen-bond acceptors (Lipinski definition) is 1. The average molecular weight is 220 g/mol. The third kappa shape index (κ3) is 2.85. The van der Waals surface area contributed by atoms with E-state index >= 15 is 0 Å². The van der Waals surface area contributed by atoms with Gasteiger partial charge in [-0.1, -0.05) is 26.0 Å². The number of aryl methyl sites for hydroxylation is 3. The second-order valence-corrected chi connectivity index (χ2v) is 5.62. The van der Waals surface area contributed by atoms with Gasteiger partial charge in [-0.3, -0.25) is 0 Å². The highest BCUT2D eigenvalue weighted by Gasteiger charge is 2.26. The van der Waals surface area contributed by atoms with E-state index in [1.807, 2.05) is 6.92 Å². The highest BCUT2D eigenvalue weighted by molar-refractivity contribution is 5.39. The van der Waals surface area contributed by atoms with Crippen molar-refractivity contribution in [3.8, 4) is 0 Å². The van der Waals surface area contributed by atoms with E-state index in [0.717, 1.165) is 12.0 Å². The van der Waals surface area contributed by atoms with E-state index in [-0.39, 0.29) is 0 Å². The molecule has 0 bridgehead atoms. The maximum absolute atomic E-state index is 10.6. The number of benzene rings is 1. The normalized spacial score (nSPS) is 15.2. The molecule has 0 radical (unpaired) electrons. The summed E-state index contributed by atoms with van der Waals surface area (Å²) < 4.78 is 0. The third-order valence-corrected chi connectivity index (χ3v) is 3.23. The van der Waals surface area contributed by atoms with Gasteiger partial charge < -0.3 is 5.11 Å². The molecule has 0 aromatic heterocycles. The van der Waals surface area contributed by atoms with Gasteiger partial charge in [-0.05, 0) is 62.3 Å². The third-order valence-electron chi connectivity index (χ3n) is 3.23. The summed E-state index contributed by atoms with van der Waals surface area (Å²) in [6.45, 7) is 12.5. The van der Waals surface area contributed by atoms with Crippen molar-refractivity contribution in [2.45, 2.75) is 53.6 Å². The fourth-order valence-corrected chi connectivity index (χ4v) is 2.45. The first kappa shape index (κ1) is 13.2. The van der Waals surface area contributed by atoms with Gasteiger partial charge in [0.15, 0.2) is 0 Å². The first-order chi connectivity index (χ1) is 7.24. The van der Waals surface area contributed by atoms with Crippen molar-refractivity contribution < 1.29 is 5.11 Å². The van der Waals surface area contributed by atoms with Crippen LogP contribution >= 0.6 is 0 Å². The van der Waals surface area contributed by atoms with Crippen molar-refractivity contribution in [3.63, 3.8) is 0 Å². The lowest BCUT2D eigenvalue weighted by molar-refractivity contribution is 0.0342. The Balaban J connectivity index is 3.17. The quantitative estimate of drug-likeness (QED) is 0.820. The van der Waals surface area contributed by atoms with Gasteiger partial charge in [0.1, 0.15) is 0 Å². The van der Waals surface area contributed by atoms with Crippen LogP contribution in [0.5, 0.6) is 0 Å². The molecule has 0 aliphatic carbocycles. The van der Waals surface area contributed by atoms with Crippen molar-refractivity contribution >= 4 is 0 Å². The van der Waals surface area contributed by atoms with E-state index in [9.17, 15) is 5.11 Å². The molecule has 0 amide bonds. The molecule has 0 heterocycles. The number of aliphatic hydroxyl groups is 1. The average Bonchev–Trinajstić information content (AvgIpc) is 2.08. The second-order valence-electron chi connectivity index (χ2n) is 5.62. The maximum atomic E-state index is 10.6. The molecule has 0 aliphatic rings. The molecule has 0 saturated heterocycles. The molecule has 1 atom stereocenters. The van der Waals surface area contributed by atoms with Gasteiger partial charge in [-0.2, -0.15) is 0 Å². The van der Waals surface area contributed by atoms with E-state index in [4.69, 9.17) is 0 Å². The molecule has 1 unspecified atom stereocenters. The molecule has 0 aliphatic heterocycles. The SMILES string of the molecule is Cc1cc(C)c(C(C)(O)CC(C)C)cc1C. The lowest BCUT2D eigenvalue weighted by atomic mass is 9.83. The molecule has 1 aromatic carbocycles. The van der Waals surface area contributed by atoms with Gasteiger partial charge in [0.05, 0.1) is 5.60 Å². The number of rotatable bonds is 3. The van der Waals surface area contributed by atoms with Crippen molar-refractivity contribution in [1.29, 1.82) is 0 Å². The molecule has 0 spiro atoms. The van der Waals surface area contributed by atoms with Crippen LogP contribution in [0.25, 0.3) is 0 Å². The van der Waals surface area contributed by atoms with E-state index in [1.54, 1.807) is 0 Å². The van der Waals surface area contributed by atoms with Crippen LogP contribution in [0.2, 0.25) is 0 Å². The monoisotopic (exact) mass is 220 g/mol. The fraction of sp³-hybridized carbons (Fsp3) is 0.600. The molecular formula is C15H24O. The summed E-state index contributed by atoms with van der Waals surface area (Å²) in [5.41, 5.74) is 4.10. The van der Waals surface area contributed by atoms with E-state index in [0.29, 0.717) is 5.92 Å². The van der Waals surface area contributed by atoms with E-state index in [2.05, 4.69) is 46.8 Å². The molecule has 1 nitrogen and oxygen atoms in total. The Kier molecular flexibility index (Phi) is 3.80. The predicted octanol–water partition coefficient (Wildman–Crippen LogP) is 3.87. The highest BCUT2D eigenvalue weighted by Crippen LogP contribution is 2.31. The smallest absolute Gasteiger partial charge is 0.0873 e. The Labute approximate surface area is 99.5 Å². The van der Waals surface area contributed by atoms with Crippen LogP contribution in [0, 0.1) is 26.7 Å². The predicted molar refractivity (Wildman–Crippen MR) is 69.7 cm³/mol. The zero-order chi connectivity index (χ0) is 12.5. The Morgan fingerprint density at radius 3 is 2.06 bits per heavy atom. The maximum Gasteiger partial charge on any atom is 0.0873 e. The molecule has 16 heavy (non-hydrogen) atoms. The van der Waals surface area contributed by atoms with E-state index in [1.165, 1.54) is 16.7 Å². The molecule has 1 rings (SSSR count).